The van der Waals surface area contributed by atoms with Crippen LogP contribution >= 0.6 is 34.5 Å². The molecule has 4 aromatic rings. The predicted octanol–water partition coefficient (Wildman–Crippen LogP) is 6.01. The molecule has 0 saturated heterocycles. The SMILES string of the molecule is O=C(Nc1ncn(Cc2ccc(Cl)c(Cl)c2)n1)c1cc(COc2ccc3c(c2)CCC3)cs1. The van der Waals surface area contributed by atoms with Crippen molar-refractivity contribution in [1.29, 1.82) is 0 Å². The molecule has 0 aliphatic heterocycles. The van der Waals surface area contributed by atoms with Crippen molar-refractivity contribution < 1.29 is 9.53 Å². The second-order valence-electron chi connectivity index (χ2n) is 7.86. The summed E-state index contributed by atoms with van der Waals surface area (Å²) in [7, 11) is 0. The van der Waals surface area contributed by atoms with E-state index in [2.05, 4.69) is 27.5 Å². The number of fused-ring (bicyclic) bond motifs is 1. The number of nitrogens with zero attached hydrogens (tertiary/aromatic N) is 3. The summed E-state index contributed by atoms with van der Waals surface area (Å²) in [5.41, 5.74) is 4.68. The summed E-state index contributed by atoms with van der Waals surface area (Å²) in [4.78, 5) is 17.4. The van der Waals surface area contributed by atoms with Gasteiger partial charge in [0.1, 0.15) is 18.7 Å². The first kappa shape index (κ1) is 21.9. The van der Waals surface area contributed by atoms with Crippen LogP contribution in [0.3, 0.4) is 0 Å². The van der Waals surface area contributed by atoms with Crippen LogP contribution in [0, 0.1) is 0 Å². The molecule has 0 fully saturated rings. The van der Waals surface area contributed by atoms with Crippen LogP contribution in [0.1, 0.15) is 38.3 Å². The van der Waals surface area contributed by atoms with Crippen molar-refractivity contribution in [2.75, 3.05) is 5.32 Å². The van der Waals surface area contributed by atoms with Gasteiger partial charge in [0.05, 0.1) is 21.5 Å². The smallest absolute Gasteiger partial charge is 0.268 e. The van der Waals surface area contributed by atoms with E-state index in [0.717, 1.165) is 29.7 Å². The molecule has 6 nitrogen and oxygen atoms in total. The molecule has 0 bridgehead atoms. The molecule has 0 spiro atoms. The van der Waals surface area contributed by atoms with Gasteiger partial charge in [-0.3, -0.25) is 10.1 Å². The predicted molar refractivity (Wildman–Crippen MR) is 131 cm³/mol. The van der Waals surface area contributed by atoms with Crippen molar-refractivity contribution in [2.24, 2.45) is 0 Å². The molecule has 168 valence electrons. The summed E-state index contributed by atoms with van der Waals surface area (Å²) in [5.74, 6) is 0.852. The van der Waals surface area contributed by atoms with E-state index in [4.69, 9.17) is 27.9 Å². The maximum atomic E-state index is 12.6. The Bertz CT molecular complexity index is 1320. The highest BCUT2D eigenvalue weighted by Gasteiger charge is 2.14. The number of hydrogen-bond donors (Lipinski definition) is 1. The van der Waals surface area contributed by atoms with E-state index in [1.165, 1.54) is 28.9 Å². The monoisotopic (exact) mass is 498 g/mol. The Balaban J connectivity index is 1.17. The van der Waals surface area contributed by atoms with Gasteiger partial charge in [0.15, 0.2) is 0 Å². The Morgan fingerprint density at radius 2 is 1.94 bits per heavy atom. The molecule has 9 heteroatoms. The highest BCUT2D eigenvalue weighted by molar-refractivity contribution is 7.12. The van der Waals surface area contributed by atoms with Gasteiger partial charge >= 0.3 is 0 Å². The van der Waals surface area contributed by atoms with Gasteiger partial charge in [-0.15, -0.1) is 16.4 Å². The third kappa shape index (κ3) is 5.21. The molecule has 33 heavy (non-hydrogen) atoms. The van der Waals surface area contributed by atoms with Gasteiger partial charge in [-0.1, -0.05) is 35.3 Å². The second-order valence-corrected chi connectivity index (χ2v) is 9.59. The van der Waals surface area contributed by atoms with Crippen LogP contribution in [-0.4, -0.2) is 20.7 Å². The number of aryl methyl sites for hydroxylation is 2. The van der Waals surface area contributed by atoms with Crippen molar-refractivity contribution in [3.05, 3.63) is 91.3 Å². The zero-order valence-corrected chi connectivity index (χ0v) is 19.9. The lowest BCUT2D eigenvalue weighted by molar-refractivity contribution is 0.102. The first-order chi connectivity index (χ1) is 16.0. The standard InChI is InChI=1S/C24H20Cl2N4O2S/c25-20-7-4-15(8-21(20)26)11-30-14-27-24(29-30)28-23(31)22-9-16(13-33-22)12-32-19-6-5-17-2-1-3-18(17)10-19/h4-10,13-14H,1-3,11-12H2,(H,28,29,31). The van der Waals surface area contributed by atoms with Gasteiger partial charge in [0, 0.05) is 5.56 Å². The van der Waals surface area contributed by atoms with E-state index in [1.54, 1.807) is 23.1 Å². The van der Waals surface area contributed by atoms with Crippen molar-refractivity contribution in [3.8, 4) is 5.75 Å². The van der Waals surface area contributed by atoms with Crippen LogP contribution in [0.4, 0.5) is 5.95 Å². The van der Waals surface area contributed by atoms with E-state index in [0.29, 0.717) is 28.1 Å². The average Bonchev–Trinajstić information content (AvgIpc) is 3.55. The van der Waals surface area contributed by atoms with Crippen molar-refractivity contribution in [1.82, 2.24) is 14.8 Å². The zero-order chi connectivity index (χ0) is 22.8. The van der Waals surface area contributed by atoms with E-state index >= 15 is 0 Å². The number of thiophene rings is 1. The Labute approximate surface area is 205 Å². The minimum absolute atomic E-state index is 0.240. The van der Waals surface area contributed by atoms with Gasteiger partial charge in [0.2, 0.25) is 5.95 Å². The van der Waals surface area contributed by atoms with Crippen LogP contribution in [0.15, 0.2) is 54.2 Å². The fourth-order valence-electron chi connectivity index (χ4n) is 3.79. The normalized spacial score (nSPS) is 12.5. The summed E-state index contributed by atoms with van der Waals surface area (Å²) < 4.78 is 7.56. The first-order valence-corrected chi connectivity index (χ1v) is 12.1. The topological polar surface area (TPSA) is 69.0 Å². The molecule has 1 amide bonds. The molecule has 5 rings (SSSR count). The molecule has 0 radical (unpaired) electrons. The van der Waals surface area contributed by atoms with Crippen LogP contribution in [0.25, 0.3) is 0 Å². The molecular formula is C24H20Cl2N4O2S. The molecule has 2 aromatic heterocycles. The number of rotatable bonds is 7. The second kappa shape index (κ2) is 9.55. The molecule has 1 N–H and O–H groups in total. The molecule has 1 aliphatic rings. The lowest BCUT2D eigenvalue weighted by atomic mass is 10.1. The van der Waals surface area contributed by atoms with Gasteiger partial charge in [-0.2, -0.15) is 0 Å². The lowest BCUT2D eigenvalue weighted by Crippen LogP contribution is -2.12. The molecule has 2 heterocycles. The molecule has 1 aliphatic carbocycles. The quantitative estimate of drug-likeness (QED) is 0.338. The summed E-state index contributed by atoms with van der Waals surface area (Å²) in [5, 5.41) is 9.96. The van der Waals surface area contributed by atoms with Crippen molar-refractivity contribution >= 4 is 46.4 Å². The van der Waals surface area contributed by atoms with Gasteiger partial charge < -0.3 is 4.74 Å². The maximum Gasteiger partial charge on any atom is 0.268 e. The lowest BCUT2D eigenvalue weighted by Gasteiger charge is -2.07. The van der Waals surface area contributed by atoms with Crippen LogP contribution in [0.5, 0.6) is 5.75 Å². The number of amides is 1. The average molecular weight is 499 g/mol. The molecule has 0 atom stereocenters. The highest BCUT2D eigenvalue weighted by atomic mass is 35.5. The van der Waals surface area contributed by atoms with E-state index in [1.807, 2.05) is 23.6 Å². The van der Waals surface area contributed by atoms with Crippen LogP contribution in [-0.2, 0) is 26.0 Å². The fraction of sp³-hybridized carbons (Fsp3) is 0.208. The molecule has 2 aromatic carbocycles. The highest BCUT2D eigenvalue weighted by Crippen LogP contribution is 2.27. The fourth-order valence-corrected chi connectivity index (χ4v) is 4.90. The maximum absolute atomic E-state index is 12.6. The molecular weight excluding hydrogens is 479 g/mol. The first-order valence-electron chi connectivity index (χ1n) is 10.5. The van der Waals surface area contributed by atoms with Crippen LogP contribution < -0.4 is 10.1 Å². The molecule has 0 saturated carbocycles. The number of hydrogen-bond acceptors (Lipinski definition) is 5. The summed E-state index contributed by atoms with van der Waals surface area (Å²) in [6.07, 6.45) is 5.04. The number of halogens is 2. The van der Waals surface area contributed by atoms with E-state index in [-0.39, 0.29) is 11.9 Å². The summed E-state index contributed by atoms with van der Waals surface area (Å²) in [6, 6.07) is 13.5. The van der Waals surface area contributed by atoms with E-state index < -0.39 is 0 Å². The van der Waals surface area contributed by atoms with Crippen LogP contribution in [0.2, 0.25) is 10.0 Å². The van der Waals surface area contributed by atoms with Gasteiger partial charge in [-0.25, -0.2) is 9.67 Å². The Morgan fingerprint density at radius 3 is 2.82 bits per heavy atom. The number of carbonyl (C=O) groups excluding carboxylic acids is 1. The van der Waals surface area contributed by atoms with Crippen molar-refractivity contribution in [2.45, 2.75) is 32.4 Å². The van der Waals surface area contributed by atoms with Gasteiger partial charge in [-0.05, 0) is 71.7 Å². The minimum atomic E-state index is -0.254. The zero-order valence-electron chi connectivity index (χ0n) is 17.6. The minimum Gasteiger partial charge on any atom is -0.489 e. The Hall–Kier alpha value is -2.87. The largest absolute Gasteiger partial charge is 0.489 e. The van der Waals surface area contributed by atoms with Crippen molar-refractivity contribution in [3.63, 3.8) is 0 Å². The molecule has 0 unspecified atom stereocenters. The number of aromatic nitrogens is 3. The number of benzene rings is 2. The summed E-state index contributed by atoms with van der Waals surface area (Å²) >= 11 is 13.4. The summed E-state index contributed by atoms with van der Waals surface area (Å²) in [6.45, 7) is 0.877. The number of anilines is 1. The Kier molecular flexibility index (Phi) is 6.35. The Morgan fingerprint density at radius 1 is 1.06 bits per heavy atom. The third-order valence-electron chi connectivity index (χ3n) is 5.44. The third-order valence-corrected chi connectivity index (χ3v) is 7.16. The van der Waals surface area contributed by atoms with E-state index in [9.17, 15) is 4.79 Å². The van der Waals surface area contributed by atoms with Gasteiger partial charge in [0.25, 0.3) is 5.91 Å². The number of ether oxygens (including phenoxy) is 1. The number of nitrogens with one attached hydrogen (secondary N) is 1. The number of carbonyl (C=O) groups is 1.